The Bertz CT molecular complexity index is 722. The van der Waals surface area contributed by atoms with Crippen LogP contribution < -0.4 is 5.32 Å². The predicted molar refractivity (Wildman–Crippen MR) is 91.7 cm³/mol. The molecular formula is C19H23N3O. The Kier molecular flexibility index (Phi) is 5.59. The normalized spacial score (nSPS) is 10.6. The molecular weight excluding hydrogens is 286 g/mol. The van der Waals surface area contributed by atoms with Gasteiger partial charge in [-0.1, -0.05) is 39.0 Å². The minimum Gasteiger partial charge on any atom is -0.351 e. The molecule has 4 heteroatoms. The fourth-order valence-electron chi connectivity index (χ4n) is 2.56. The number of rotatable bonds is 6. The van der Waals surface area contributed by atoms with Crippen molar-refractivity contribution in [3.63, 3.8) is 0 Å². The van der Waals surface area contributed by atoms with E-state index in [-0.39, 0.29) is 5.91 Å². The minimum absolute atomic E-state index is 0.196. The molecule has 0 saturated carbocycles. The number of aromatic nitrogens is 1. The zero-order valence-corrected chi connectivity index (χ0v) is 14.0. The number of nitriles is 1. The summed E-state index contributed by atoms with van der Waals surface area (Å²) >= 11 is 0. The average Bonchev–Trinajstić information content (AvgIpc) is 2.98. The second-order valence-corrected chi connectivity index (χ2v) is 5.98. The van der Waals surface area contributed by atoms with E-state index in [1.807, 2.05) is 28.8 Å². The third-order valence-electron chi connectivity index (χ3n) is 3.86. The molecule has 0 aliphatic carbocycles. The average molecular weight is 309 g/mol. The van der Waals surface area contributed by atoms with Crippen LogP contribution in [0.3, 0.4) is 0 Å². The van der Waals surface area contributed by atoms with Gasteiger partial charge in [-0.2, -0.15) is 5.26 Å². The summed E-state index contributed by atoms with van der Waals surface area (Å²) < 4.78 is 1.82. The number of carbonyl (C=O) groups excluding carboxylic acids is 1. The van der Waals surface area contributed by atoms with Crippen molar-refractivity contribution in [1.29, 1.82) is 5.26 Å². The SMILES string of the molecule is CCc1ccccc1-n1ccc(C#N)c1C(=O)NCCC(C)C. The van der Waals surface area contributed by atoms with Crippen molar-refractivity contribution in [3.8, 4) is 11.8 Å². The summed E-state index contributed by atoms with van der Waals surface area (Å²) in [7, 11) is 0. The molecule has 1 amide bonds. The maximum Gasteiger partial charge on any atom is 0.269 e. The molecule has 2 aromatic rings. The van der Waals surface area contributed by atoms with Crippen molar-refractivity contribution < 1.29 is 4.79 Å². The summed E-state index contributed by atoms with van der Waals surface area (Å²) in [6.45, 7) is 6.93. The topological polar surface area (TPSA) is 57.8 Å². The van der Waals surface area contributed by atoms with E-state index in [1.165, 1.54) is 0 Å². The van der Waals surface area contributed by atoms with Gasteiger partial charge in [0.25, 0.3) is 5.91 Å². The van der Waals surface area contributed by atoms with Crippen LogP contribution in [0, 0.1) is 17.2 Å². The number of hydrogen-bond acceptors (Lipinski definition) is 2. The van der Waals surface area contributed by atoms with Crippen molar-refractivity contribution in [2.75, 3.05) is 6.54 Å². The van der Waals surface area contributed by atoms with E-state index in [2.05, 4.69) is 32.2 Å². The van der Waals surface area contributed by atoms with Gasteiger partial charge in [0.15, 0.2) is 0 Å². The first-order valence-electron chi connectivity index (χ1n) is 8.06. The zero-order chi connectivity index (χ0) is 16.8. The molecule has 1 aromatic heterocycles. The second kappa shape index (κ2) is 7.64. The zero-order valence-electron chi connectivity index (χ0n) is 14.0. The molecule has 4 nitrogen and oxygen atoms in total. The highest BCUT2D eigenvalue weighted by Crippen LogP contribution is 2.21. The van der Waals surface area contributed by atoms with Gasteiger partial charge >= 0.3 is 0 Å². The molecule has 1 heterocycles. The molecule has 0 saturated heterocycles. The number of nitrogens with one attached hydrogen (secondary N) is 1. The fraction of sp³-hybridized carbons (Fsp3) is 0.368. The lowest BCUT2D eigenvalue weighted by Crippen LogP contribution is -2.28. The summed E-state index contributed by atoms with van der Waals surface area (Å²) in [5.41, 5.74) is 2.91. The van der Waals surface area contributed by atoms with Gasteiger partial charge in [-0.25, -0.2) is 0 Å². The van der Waals surface area contributed by atoms with Gasteiger partial charge in [0.2, 0.25) is 0 Å². The van der Waals surface area contributed by atoms with Gasteiger partial charge in [0.05, 0.1) is 5.56 Å². The van der Waals surface area contributed by atoms with Gasteiger partial charge in [-0.15, -0.1) is 0 Å². The van der Waals surface area contributed by atoms with Crippen LogP contribution in [0.25, 0.3) is 5.69 Å². The molecule has 120 valence electrons. The molecule has 23 heavy (non-hydrogen) atoms. The number of amides is 1. The molecule has 0 aliphatic rings. The minimum atomic E-state index is -0.196. The summed E-state index contributed by atoms with van der Waals surface area (Å²) in [5.74, 6) is 0.330. The Morgan fingerprint density at radius 3 is 2.70 bits per heavy atom. The Labute approximate surface area is 137 Å². The molecule has 0 radical (unpaired) electrons. The third-order valence-corrected chi connectivity index (χ3v) is 3.86. The standard InChI is InChI=1S/C19H23N3O/c1-4-15-7-5-6-8-17(15)22-12-10-16(13-20)18(22)19(23)21-11-9-14(2)3/h5-8,10,12,14H,4,9,11H2,1-3H3,(H,21,23). The number of nitrogens with zero attached hydrogens (tertiary/aromatic N) is 2. The van der Waals surface area contributed by atoms with Gasteiger partial charge in [-0.3, -0.25) is 4.79 Å². The number of para-hydroxylation sites is 1. The quantitative estimate of drug-likeness (QED) is 0.884. The highest BCUT2D eigenvalue weighted by Gasteiger charge is 2.19. The van der Waals surface area contributed by atoms with Gasteiger partial charge in [0, 0.05) is 18.4 Å². The van der Waals surface area contributed by atoms with Gasteiger partial charge in [0.1, 0.15) is 11.8 Å². The highest BCUT2D eigenvalue weighted by atomic mass is 16.1. The second-order valence-electron chi connectivity index (χ2n) is 5.98. The van der Waals surface area contributed by atoms with Crippen LogP contribution in [-0.4, -0.2) is 17.0 Å². The van der Waals surface area contributed by atoms with Crippen molar-refractivity contribution >= 4 is 5.91 Å². The Balaban J connectivity index is 2.37. The van der Waals surface area contributed by atoms with Crippen LogP contribution in [0.15, 0.2) is 36.5 Å². The largest absolute Gasteiger partial charge is 0.351 e. The van der Waals surface area contributed by atoms with E-state index in [0.29, 0.717) is 23.7 Å². The lowest BCUT2D eigenvalue weighted by atomic mass is 10.1. The predicted octanol–water partition coefficient (Wildman–Crippen LogP) is 3.69. The van der Waals surface area contributed by atoms with Crippen LogP contribution in [0.2, 0.25) is 0 Å². The molecule has 0 aliphatic heterocycles. The smallest absolute Gasteiger partial charge is 0.269 e. The number of carbonyl (C=O) groups is 1. The first-order chi connectivity index (χ1) is 11.1. The van der Waals surface area contributed by atoms with Crippen LogP contribution in [-0.2, 0) is 6.42 Å². The van der Waals surface area contributed by atoms with E-state index in [1.54, 1.807) is 12.3 Å². The maximum absolute atomic E-state index is 12.6. The molecule has 0 spiro atoms. The van der Waals surface area contributed by atoms with E-state index in [0.717, 1.165) is 24.1 Å². The monoisotopic (exact) mass is 309 g/mol. The van der Waals surface area contributed by atoms with E-state index in [9.17, 15) is 10.1 Å². The maximum atomic E-state index is 12.6. The van der Waals surface area contributed by atoms with Crippen LogP contribution >= 0.6 is 0 Å². The summed E-state index contributed by atoms with van der Waals surface area (Å²) in [6.07, 6.45) is 3.58. The molecule has 1 aromatic carbocycles. The molecule has 1 N–H and O–H groups in total. The highest BCUT2D eigenvalue weighted by molar-refractivity contribution is 5.96. The van der Waals surface area contributed by atoms with Crippen molar-refractivity contribution in [3.05, 3.63) is 53.3 Å². The Morgan fingerprint density at radius 2 is 2.04 bits per heavy atom. The van der Waals surface area contributed by atoms with Crippen molar-refractivity contribution in [1.82, 2.24) is 9.88 Å². The van der Waals surface area contributed by atoms with Crippen LogP contribution in [0.5, 0.6) is 0 Å². The number of hydrogen-bond donors (Lipinski definition) is 1. The van der Waals surface area contributed by atoms with Gasteiger partial charge < -0.3 is 9.88 Å². The van der Waals surface area contributed by atoms with Crippen LogP contribution in [0.1, 0.15) is 48.8 Å². The third kappa shape index (κ3) is 3.81. The van der Waals surface area contributed by atoms with E-state index < -0.39 is 0 Å². The summed E-state index contributed by atoms with van der Waals surface area (Å²) in [4.78, 5) is 12.6. The van der Waals surface area contributed by atoms with Crippen molar-refractivity contribution in [2.24, 2.45) is 5.92 Å². The number of aryl methyl sites for hydroxylation is 1. The lowest BCUT2D eigenvalue weighted by molar-refractivity contribution is 0.0945. The Morgan fingerprint density at radius 1 is 1.30 bits per heavy atom. The number of benzene rings is 1. The van der Waals surface area contributed by atoms with Crippen molar-refractivity contribution in [2.45, 2.75) is 33.6 Å². The molecule has 0 bridgehead atoms. The van der Waals surface area contributed by atoms with Crippen LogP contribution in [0.4, 0.5) is 0 Å². The lowest BCUT2D eigenvalue weighted by Gasteiger charge is -2.14. The molecule has 2 rings (SSSR count). The molecule has 0 atom stereocenters. The van der Waals surface area contributed by atoms with Gasteiger partial charge in [-0.05, 0) is 36.5 Å². The summed E-state index contributed by atoms with van der Waals surface area (Å²) in [6, 6.07) is 11.8. The fourth-order valence-corrected chi connectivity index (χ4v) is 2.56. The van der Waals surface area contributed by atoms with E-state index >= 15 is 0 Å². The first-order valence-corrected chi connectivity index (χ1v) is 8.06. The Hall–Kier alpha value is -2.54. The first kappa shape index (κ1) is 16.8. The summed E-state index contributed by atoms with van der Waals surface area (Å²) in [5, 5.41) is 12.3. The molecule has 0 fully saturated rings. The van der Waals surface area contributed by atoms with E-state index in [4.69, 9.17) is 0 Å². The molecule has 0 unspecified atom stereocenters.